The second-order valence-electron chi connectivity index (χ2n) is 7.36. The largest absolute Gasteiger partial charge is 0.481 e. The molecule has 1 aromatic rings. The third-order valence-electron chi connectivity index (χ3n) is 4.10. The molecule has 0 fully saturated rings. The molecule has 2 amide bonds. The van der Waals surface area contributed by atoms with Gasteiger partial charge >= 0.3 is 5.97 Å². The van der Waals surface area contributed by atoms with Gasteiger partial charge in [-0.25, -0.2) is 0 Å². The standard InChI is InChI=1S/C20H30N2O4/c1-13(2)10-16(20(25)26)12-21-19(24)18(14(3)4)22-17(23)11-15-8-6-5-7-9-15/h5-9,13-14,16,18H,10-12H2,1-4H3,(H,21,24)(H,22,23)(H,25,26). The molecular formula is C20H30N2O4. The maximum Gasteiger partial charge on any atom is 0.308 e. The molecule has 0 spiro atoms. The lowest BCUT2D eigenvalue weighted by Gasteiger charge is -2.23. The first kappa shape index (κ1) is 21.7. The van der Waals surface area contributed by atoms with E-state index in [1.54, 1.807) is 0 Å². The average molecular weight is 362 g/mol. The second-order valence-corrected chi connectivity index (χ2v) is 7.36. The van der Waals surface area contributed by atoms with Gasteiger partial charge in [-0.1, -0.05) is 58.0 Å². The monoisotopic (exact) mass is 362 g/mol. The molecule has 2 unspecified atom stereocenters. The first-order valence-electron chi connectivity index (χ1n) is 9.04. The van der Waals surface area contributed by atoms with Gasteiger partial charge in [-0.3, -0.25) is 14.4 Å². The topological polar surface area (TPSA) is 95.5 Å². The van der Waals surface area contributed by atoms with Crippen LogP contribution in [0.4, 0.5) is 0 Å². The van der Waals surface area contributed by atoms with Crippen LogP contribution in [0.25, 0.3) is 0 Å². The van der Waals surface area contributed by atoms with E-state index in [-0.39, 0.29) is 36.6 Å². The lowest BCUT2D eigenvalue weighted by Crippen LogP contribution is -2.51. The molecule has 0 heterocycles. The van der Waals surface area contributed by atoms with Gasteiger partial charge in [0.15, 0.2) is 0 Å². The van der Waals surface area contributed by atoms with Crippen LogP contribution in [0.3, 0.4) is 0 Å². The zero-order valence-electron chi connectivity index (χ0n) is 16.0. The molecule has 0 aliphatic heterocycles. The average Bonchev–Trinajstić information content (AvgIpc) is 2.56. The Morgan fingerprint density at radius 2 is 1.65 bits per heavy atom. The minimum atomic E-state index is -0.923. The fourth-order valence-corrected chi connectivity index (χ4v) is 2.71. The molecule has 0 bridgehead atoms. The number of amides is 2. The van der Waals surface area contributed by atoms with Crippen molar-refractivity contribution in [1.82, 2.24) is 10.6 Å². The number of hydrogen-bond donors (Lipinski definition) is 3. The SMILES string of the molecule is CC(C)CC(CNC(=O)C(NC(=O)Cc1ccccc1)C(C)C)C(=O)O. The maximum absolute atomic E-state index is 12.5. The number of nitrogens with one attached hydrogen (secondary N) is 2. The Labute approximate surface area is 155 Å². The van der Waals surface area contributed by atoms with E-state index in [4.69, 9.17) is 0 Å². The highest BCUT2D eigenvalue weighted by Gasteiger charge is 2.26. The summed E-state index contributed by atoms with van der Waals surface area (Å²) in [6.07, 6.45) is 0.685. The summed E-state index contributed by atoms with van der Waals surface area (Å²) in [5, 5.41) is 14.7. The Morgan fingerprint density at radius 3 is 2.15 bits per heavy atom. The molecule has 1 rings (SSSR count). The van der Waals surface area contributed by atoms with Crippen molar-refractivity contribution >= 4 is 17.8 Å². The smallest absolute Gasteiger partial charge is 0.308 e. The van der Waals surface area contributed by atoms with Crippen LogP contribution in [0.2, 0.25) is 0 Å². The van der Waals surface area contributed by atoms with Crippen molar-refractivity contribution < 1.29 is 19.5 Å². The highest BCUT2D eigenvalue weighted by molar-refractivity contribution is 5.88. The Morgan fingerprint density at radius 1 is 1.04 bits per heavy atom. The van der Waals surface area contributed by atoms with Crippen LogP contribution in [-0.2, 0) is 20.8 Å². The molecule has 0 aliphatic rings. The van der Waals surface area contributed by atoms with E-state index in [1.807, 2.05) is 58.0 Å². The molecule has 0 aromatic heterocycles. The summed E-state index contributed by atoms with van der Waals surface area (Å²) >= 11 is 0. The van der Waals surface area contributed by atoms with Crippen molar-refractivity contribution in [1.29, 1.82) is 0 Å². The zero-order chi connectivity index (χ0) is 19.7. The first-order valence-corrected chi connectivity index (χ1v) is 9.04. The highest BCUT2D eigenvalue weighted by Crippen LogP contribution is 2.12. The maximum atomic E-state index is 12.5. The van der Waals surface area contributed by atoms with Gasteiger partial charge in [0.1, 0.15) is 6.04 Å². The van der Waals surface area contributed by atoms with E-state index >= 15 is 0 Å². The predicted octanol–water partition coefficient (Wildman–Crippen LogP) is 2.23. The van der Waals surface area contributed by atoms with E-state index in [0.717, 1.165) is 5.56 Å². The summed E-state index contributed by atoms with van der Waals surface area (Å²) in [4.78, 5) is 36.0. The van der Waals surface area contributed by atoms with Crippen LogP contribution in [0.15, 0.2) is 30.3 Å². The number of carboxylic acids is 1. The fraction of sp³-hybridized carbons (Fsp3) is 0.550. The molecule has 6 heteroatoms. The van der Waals surface area contributed by atoms with Gasteiger partial charge in [0.05, 0.1) is 12.3 Å². The minimum Gasteiger partial charge on any atom is -0.481 e. The van der Waals surface area contributed by atoms with E-state index in [0.29, 0.717) is 6.42 Å². The minimum absolute atomic E-state index is 0.0596. The molecule has 0 saturated carbocycles. The van der Waals surface area contributed by atoms with Gasteiger partial charge in [0, 0.05) is 6.54 Å². The van der Waals surface area contributed by atoms with Crippen molar-refractivity contribution in [2.24, 2.45) is 17.8 Å². The van der Waals surface area contributed by atoms with Crippen LogP contribution in [-0.4, -0.2) is 35.5 Å². The van der Waals surface area contributed by atoms with Crippen LogP contribution >= 0.6 is 0 Å². The van der Waals surface area contributed by atoms with E-state index in [2.05, 4.69) is 10.6 Å². The molecule has 0 aliphatic carbocycles. The van der Waals surface area contributed by atoms with Crippen molar-refractivity contribution in [3.8, 4) is 0 Å². The number of hydrogen-bond acceptors (Lipinski definition) is 3. The van der Waals surface area contributed by atoms with Gasteiger partial charge in [0.25, 0.3) is 0 Å². The fourth-order valence-electron chi connectivity index (χ4n) is 2.71. The zero-order valence-corrected chi connectivity index (χ0v) is 16.0. The highest BCUT2D eigenvalue weighted by atomic mass is 16.4. The summed E-state index contributed by atoms with van der Waals surface area (Å²) in [6.45, 7) is 7.63. The number of carboxylic acid groups (broad SMARTS) is 1. The predicted molar refractivity (Wildman–Crippen MR) is 101 cm³/mol. The molecule has 26 heavy (non-hydrogen) atoms. The molecule has 6 nitrogen and oxygen atoms in total. The molecule has 144 valence electrons. The Balaban J connectivity index is 2.63. The molecule has 0 radical (unpaired) electrons. The van der Waals surface area contributed by atoms with Crippen molar-refractivity contribution in [3.63, 3.8) is 0 Å². The van der Waals surface area contributed by atoms with Crippen LogP contribution in [0.1, 0.15) is 39.7 Å². The number of carbonyl (C=O) groups excluding carboxylic acids is 2. The summed E-state index contributed by atoms with van der Waals surface area (Å²) in [7, 11) is 0. The summed E-state index contributed by atoms with van der Waals surface area (Å²) < 4.78 is 0. The van der Waals surface area contributed by atoms with E-state index < -0.39 is 17.9 Å². The van der Waals surface area contributed by atoms with Crippen LogP contribution in [0.5, 0.6) is 0 Å². The van der Waals surface area contributed by atoms with Gasteiger partial charge in [-0.15, -0.1) is 0 Å². The molecular weight excluding hydrogens is 332 g/mol. The molecule has 3 N–H and O–H groups in total. The number of aliphatic carboxylic acids is 1. The second kappa shape index (κ2) is 10.6. The third kappa shape index (κ3) is 7.68. The van der Waals surface area contributed by atoms with Gasteiger partial charge in [-0.2, -0.15) is 0 Å². The third-order valence-corrected chi connectivity index (χ3v) is 4.10. The summed E-state index contributed by atoms with van der Waals surface area (Å²) in [6, 6.07) is 8.61. The Kier molecular flexibility index (Phi) is 8.82. The van der Waals surface area contributed by atoms with Crippen molar-refractivity contribution in [2.75, 3.05) is 6.54 Å². The Hall–Kier alpha value is -2.37. The quantitative estimate of drug-likeness (QED) is 0.595. The van der Waals surface area contributed by atoms with E-state index in [1.165, 1.54) is 0 Å². The van der Waals surface area contributed by atoms with Crippen LogP contribution in [0, 0.1) is 17.8 Å². The summed E-state index contributed by atoms with van der Waals surface area (Å²) in [5.74, 6) is -2.03. The first-order chi connectivity index (χ1) is 12.2. The summed E-state index contributed by atoms with van der Waals surface area (Å²) in [5.41, 5.74) is 0.871. The van der Waals surface area contributed by atoms with Crippen molar-refractivity contribution in [3.05, 3.63) is 35.9 Å². The molecule has 0 saturated heterocycles. The van der Waals surface area contributed by atoms with Gasteiger partial charge < -0.3 is 15.7 Å². The van der Waals surface area contributed by atoms with Gasteiger partial charge in [0.2, 0.25) is 11.8 Å². The lowest BCUT2D eigenvalue weighted by atomic mass is 9.96. The molecule has 1 aromatic carbocycles. The Bertz CT molecular complexity index is 599. The molecule has 2 atom stereocenters. The van der Waals surface area contributed by atoms with Crippen LogP contribution < -0.4 is 10.6 Å². The number of carbonyl (C=O) groups is 3. The van der Waals surface area contributed by atoms with Crippen molar-refractivity contribution in [2.45, 2.75) is 46.6 Å². The number of rotatable bonds is 10. The lowest BCUT2D eigenvalue weighted by molar-refractivity contribution is -0.142. The van der Waals surface area contributed by atoms with Gasteiger partial charge in [-0.05, 0) is 23.8 Å². The normalized spacial score (nSPS) is 13.3. The van der Waals surface area contributed by atoms with E-state index in [9.17, 15) is 19.5 Å². The number of benzene rings is 1.